The monoisotopic (exact) mass is 409 g/mol. The van der Waals surface area contributed by atoms with Gasteiger partial charge in [0, 0.05) is 6.20 Å². The van der Waals surface area contributed by atoms with Crippen LogP contribution in [0.4, 0.5) is 0 Å². The molecule has 1 fully saturated rings. The Bertz CT molecular complexity index is 870. The number of ketones is 1. The van der Waals surface area contributed by atoms with Crippen LogP contribution >= 0.6 is 11.3 Å². The molecule has 0 spiro atoms. The first-order valence-corrected chi connectivity index (χ1v) is 11.3. The third kappa shape index (κ3) is 5.40. The van der Waals surface area contributed by atoms with E-state index in [1.807, 2.05) is 88.4 Å². The van der Waals surface area contributed by atoms with Crippen molar-refractivity contribution in [3.8, 4) is 0 Å². The van der Waals surface area contributed by atoms with E-state index in [0.29, 0.717) is 6.42 Å². The average Bonchev–Trinajstić information content (AvgIpc) is 3.50. The summed E-state index contributed by atoms with van der Waals surface area (Å²) in [7, 11) is 0. The van der Waals surface area contributed by atoms with Gasteiger partial charge in [-0.15, -0.1) is 11.3 Å². The van der Waals surface area contributed by atoms with E-state index in [1.54, 1.807) is 6.20 Å². The molecule has 1 heterocycles. The average molecular weight is 410 g/mol. The lowest BCUT2D eigenvalue weighted by molar-refractivity contribution is -0.120. The Kier molecular flexibility index (Phi) is 8.74. The number of aliphatic hydroxyl groups is 1. The van der Waals surface area contributed by atoms with Gasteiger partial charge < -0.3 is 5.11 Å². The van der Waals surface area contributed by atoms with Gasteiger partial charge in [0.05, 0.1) is 16.7 Å². The van der Waals surface area contributed by atoms with Crippen LogP contribution in [0.15, 0.2) is 66.9 Å². The minimum atomic E-state index is -0.688. The molecule has 1 atom stereocenters. The highest BCUT2D eigenvalue weighted by Gasteiger charge is 2.50. The molecule has 1 aromatic heterocycles. The molecule has 1 N–H and O–H groups in total. The molecule has 4 heteroatoms. The van der Waals surface area contributed by atoms with Crippen LogP contribution < -0.4 is 0 Å². The number of thiazole rings is 1. The maximum Gasteiger partial charge on any atom is 0.150 e. The molecular formula is C25H31NO2S. The Morgan fingerprint density at radius 2 is 1.55 bits per heavy atom. The van der Waals surface area contributed by atoms with Gasteiger partial charge in [-0.1, -0.05) is 88.4 Å². The van der Waals surface area contributed by atoms with Gasteiger partial charge in [0.25, 0.3) is 0 Å². The van der Waals surface area contributed by atoms with Gasteiger partial charge >= 0.3 is 0 Å². The Morgan fingerprint density at radius 1 is 1.00 bits per heavy atom. The number of benzene rings is 2. The van der Waals surface area contributed by atoms with Gasteiger partial charge in [-0.25, -0.2) is 4.98 Å². The van der Waals surface area contributed by atoms with Gasteiger partial charge in [-0.05, 0) is 24.0 Å². The Morgan fingerprint density at radius 3 is 2.10 bits per heavy atom. The first-order chi connectivity index (χ1) is 14.2. The molecule has 29 heavy (non-hydrogen) atoms. The van der Waals surface area contributed by atoms with Crippen LogP contribution in [0.1, 0.15) is 67.7 Å². The number of Topliss-reactive ketones (excluding diaryl/α,β-unsaturated/α-hetero) is 1. The van der Waals surface area contributed by atoms with Crippen molar-refractivity contribution in [2.45, 2.75) is 58.5 Å². The summed E-state index contributed by atoms with van der Waals surface area (Å²) in [6.45, 7) is 8.00. The number of aromatic nitrogens is 1. The number of carbonyl (C=O) groups excluding carboxylic acids is 1. The number of carbonyl (C=O) groups is 1. The number of hydrogen-bond donors (Lipinski definition) is 1. The van der Waals surface area contributed by atoms with Crippen LogP contribution in [0, 0.1) is 0 Å². The summed E-state index contributed by atoms with van der Waals surface area (Å²) in [5.41, 5.74) is 1.64. The zero-order valence-electron chi connectivity index (χ0n) is 17.8. The third-order valence-corrected chi connectivity index (χ3v) is 5.93. The lowest BCUT2D eigenvalue weighted by Crippen LogP contribution is -2.22. The van der Waals surface area contributed by atoms with E-state index < -0.39 is 6.10 Å². The van der Waals surface area contributed by atoms with Crippen molar-refractivity contribution >= 4 is 17.1 Å². The zero-order valence-corrected chi connectivity index (χ0v) is 18.6. The first kappa shape index (κ1) is 23.0. The lowest BCUT2D eigenvalue weighted by atomic mass is 9.90. The number of nitrogens with zero attached hydrogens (tertiary/aromatic N) is 1. The summed E-state index contributed by atoms with van der Waals surface area (Å²) in [5.74, 6) is 0.230. The molecule has 0 bridgehead atoms. The fourth-order valence-corrected chi connectivity index (χ4v) is 4.18. The van der Waals surface area contributed by atoms with Gasteiger partial charge in [0.1, 0.15) is 16.9 Å². The summed E-state index contributed by atoms with van der Waals surface area (Å²) >= 11 is 1.42. The molecule has 4 rings (SSSR count). The van der Waals surface area contributed by atoms with Crippen molar-refractivity contribution in [2.24, 2.45) is 0 Å². The first-order valence-electron chi connectivity index (χ1n) is 10.5. The molecule has 0 radical (unpaired) electrons. The van der Waals surface area contributed by atoms with E-state index in [-0.39, 0.29) is 11.2 Å². The molecule has 1 unspecified atom stereocenters. The quantitative estimate of drug-likeness (QED) is 0.533. The molecule has 0 aliphatic heterocycles. The molecule has 3 aromatic rings. The third-order valence-electron chi connectivity index (χ3n) is 4.88. The van der Waals surface area contributed by atoms with E-state index in [1.165, 1.54) is 11.3 Å². The Balaban J connectivity index is 0.000000707. The van der Waals surface area contributed by atoms with Crippen LogP contribution in [0.5, 0.6) is 0 Å². The van der Waals surface area contributed by atoms with E-state index in [9.17, 15) is 9.90 Å². The number of hydrogen-bond acceptors (Lipinski definition) is 4. The van der Waals surface area contributed by atoms with E-state index in [4.69, 9.17) is 0 Å². The van der Waals surface area contributed by atoms with Crippen molar-refractivity contribution in [1.29, 1.82) is 0 Å². The Hall–Kier alpha value is -2.30. The largest absolute Gasteiger partial charge is 0.383 e. The minimum absolute atomic E-state index is 0.230. The van der Waals surface area contributed by atoms with Crippen molar-refractivity contribution < 1.29 is 9.90 Å². The van der Waals surface area contributed by atoms with Gasteiger partial charge in [0.2, 0.25) is 0 Å². The predicted octanol–water partition coefficient (Wildman–Crippen LogP) is 6.12. The molecule has 0 amide bonds. The van der Waals surface area contributed by atoms with Crippen LogP contribution in [-0.2, 0) is 16.6 Å². The van der Waals surface area contributed by atoms with Gasteiger partial charge in [-0.2, -0.15) is 0 Å². The molecule has 1 aliphatic rings. The molecular weight excluding hydrogens is 378 g/mol. The second kappa shape index (κ2) is 11.0. The summed E-state index contributed by atoms with van der Waals surface area (Å²) in [6.07, 6.45) is 3.17. The van der Waals surface area contributed by atoms with Gasteiger partial charge in [0.15, 0.2) is 0 Å². The maximum atomic E-state index is 12.9. The molecule has 154 valence electrons. The predicted molar refractivity (Wildman–Crippen MR) is 121 cm³/mol. The molecule has 1 saturated carbocycles. The van der Waals surface area contributed by atoms with Crippen LogP contribution in [-0.4, -0.2) is 15.9 Å². The van der Waals surface area contributed by atoms with Crippen molar-refractivity contribution in [3.05, 3.63) is 87.9 Å². The summed E-state index contributed by atoms with van der Waals surface area (Å²) in [4.78, 5) is 18.0. The standard InChI is InChI=1S/C21H19NO2S.2C2H6/c23-18(21(11-12-21)16-9-5-2-6-10-16)13-19-22-14-17(25-19)20(24)15-7-3-1-4-8-15;2*1-2/h1-10,14,20,24H,11-13H2;2*1-2H3. The number of rotatable bonds is 6. The zero-order chi connectivity index (χ0) is 21.3. The van der Waals surface area contributed by atoms with Crippen molar-refractivity contribution in [2.75, 3.05) is 0 Å². The van der Waals surface area contributed by atoms with E-state index >= 15 is 0 Å². The molecule has 3 nitrogen and oxygen atoms in total. The molecule has 0 saturated heterocycles. The van der Waals surface area contributed by atoms with E-state index in [2.05, 4.69) is 4.98 Å². The second-order valence-corrected chi connectivity index (χ2v) is 7.66. The summed E-state index contributed by atoms with van der Waals surface area (Å²) in [6, 6.07) is 19.5. The van der Waals surface area contributed by atoms with E-state index in [0.717, 1.165) is 33.9 Å². The van der Waals surface area contributed by atoms with Gasteiger partial charge in [-0.3, -0.25) is 4.79 Å². The highest BCUT2D eigenvalue weighted by atomic mass is 32.1. The highest BCUT2D eigenvalue weighted by molar-refractivity contribution is 7.11. The Labute approximate surface area is 178 Å². The minimum Gasteiger partial charge on any atom is -0.383 e. The SMILES string of the molecule is CC.CC.O=C(Cc1ncc(C(O)c2ccccc2)s1)C1(c2ccccc2)CC1. The molecule has 1 aliphatic carbocycles. The summed E-state index contributed by atoms with van der Waals surface area (Å²) in [5, 5.41) is 11.3. The highest BCUT2D eigenvalue weighted by Crippen LogP contribution is 2.49. The fraction of sp³-hybridized carbons (Fsp3) is 0.360. The maximum absolute atomic E-state index is 12.9. The topological polar surface area (TPSA) is 50.2 Å². The second-order valence-electron chi connectivity index (χ2n) is 6.52. The lowest BCUT2D eigenvalue weighted by Gasteiger charge is -2.13. The van der Waals surface area contributed by atoms with Crippen LogP contribution in [0.25, 0.3) is 0 Å². The number of aliphatic hydroxyl groups excluding tert-OH is 1. The summed E-state index contributed by atoms with van der Waals surface area (Å²) < 4.78 is 0. The smallest absolute Gasteiger partial charge is 0.150 e. The normalized spacial score (nSPS) is 14.5. The van der Waals surface area contributed by atoms with Crippen molar-refractivity contribution in [1.82, 2.24) is 4.98 Å². The van der Waals surface area contributed by atoms with Crippen molar-refractivity contribution in [3.63, 3.8) is 0 Å². The fourth-order valence-electron chi connectivity index (χ4n) is 3.25. The molecule has 2 aromatic carbocycles. The van der Waals surface area contributed by atoms with Crippen LogP contribution in [0.3, 0.4) is 0 Å². The van der Waals surface area contributed by atoms with Crippen LogP contribution in [0.2, 0.25) is 0 Å².